The van der Waals surface area contributed by atoms with Crippen LogP contribution in [0.5, 0.6) is 0 Å². The molecule has 11 heavy (non-hydrogen) atoms. The fourth-order valence-electron chi connectivity index (χ4n) is 0.574. The van der Waals surface area contributed by atoms with Gasteiger partial charge < -0.3 is 9.57 Å². The molecule has 1 aliphatic rings. The summed E-state index contributed by atoms with van der Waals surface area (Å²) < 4.78 is 4.53. The van der Waals surface area contributed by atoms with Crippen LogP contribution in [0.3, 0.4) is 0 Å². The molecular formula is C6H6NO4. The van der Waals surface area contributed by atoms with E-state index in [0.29, 0.717) is 0 Å². The average molecular weight is 156 g/mol. The van der Waals surface area contributed by atoms with Gasteiger partial charge in [0.2, 0.25) is 0 Å². The molecule has 0 aromatic heterocycles. The lowest BCUT2D eigenvalue weighted by Crippen LogP contribution is -2.13. The highest BCUT2D eigenvalue weighted by atomic mass is 16.7. The smallest absolute Gasteiger partial charge is 0.374 e. The van der Waals surface area contributed by atoms with E-state index in [4.69, 9.17) is 0 Å². The van der Waals surface area contributed by atoms with Gasteiger partial charge in [0.1, 0.15) is 0 Å². The molecule has 0 saturated heterocycles. The van der Waals surface area contributed by atoms with Gasteiger partial charge in [0.25, 0.3) is 0 Å². The van der Waals surface area contributed by atoms with Gasteiger partial charge in [0.15, 0.2) is 5.57 Å². The Morgan fingerprint density at radius 1 is 1.82 bits per heavy atom. The number of hydroxylamine groups is 1. The first-order chi connectivity index (χ1) is 5.25. The van der Waals surface area contributed by atoms with Crippen LogP contribution in [0.4, 0.5) is 0 Å². The van der Waals surface area contributed by atoms with Crippen LogP contribution in [0.15, 0.2) is 11.8 Å². The van der Waals surface area contributed by atoms with E-state index in [1.54, 1.807) is 6.92 Å². The van der Waals surface area contributed by atoms with Gasteiger partial charge in [-0.25, -0.2) is 9.59 Å². The number of ether oxygens (including phenoxy) is 1. The van der Waals surface area contributed by atoms with Gasteiger partial charge in [-0.15, -0.1) is 0 Å². The number of carbonyl (C=O) groups excluding carboxylic acids is 2. The van der Waals surface area contributed by atoms with E-state index >= 15 is 0 Å². The van der Waals surface area contributed by atoms with Gasteiger partial charge in [0, 0.05) is 0 Å². The summed E-state index contributed by atoms with van der Waals surface area (Å²) in [7, 11) is 0. The maximum absolute atomic E-state index is 10.8. The Labute approximate surface area is 62.9 Å². The summed E-state index contributed by atoms with van der Waals surface area (Å²) in [4.78, 5) is 25.5. The van der Waals surface area contributed by atoms with Crippen LogP contribution in [0, 0.1) is 0 Å². The Kier molecular flexibility index (Phi) is 2.10. The third-order valence-corrected chi connectivity index (χ3v) is 1.03. The lowest BCUT2D eigenvalue weighted by Gasteiger charge is -1.96. The molecule has 0 saturated carbocycles. The zero-order chi connectivity index (χ0) is 8.27. The molecule has 5 heteroatoms. The monoisotopic (exact) mass is 156 g/mol. The second kappa shape index (κ2) is 3.05. The van der Waals surface area contributed by atoms with Crippen molar-refractivity contribution in [2.75, 3.05) is 6.61 Å². The lowest BCUT2D eigenvalue weighted by atomic mass is 10.3. The highest BCUT2D eigenvalue weighted by Gasteiger charge is 2.26. The van der Waals surface area contributed by atoms with Crippen molar-refractivity contribution in [3.8, 4) is 0 Å². The van der Waals surface area contributed by atoms with Crippen LogP contribution >= 0.6 is 0 Å². The van der Waals surface area contributed by atoms with E-state index in [2.05, 4.69) is 15.1 Å². The van der Waals surface area contributed by atoms with Crippen molar-refractivity contribution in [1.29, 1.82) is 0 Å². The lowest BCUT2D eigenvalue weighted by molar-refractivity contribution is -0.147. The third-order valence-electron chi connectivity index (χ3n) is 1.03. The van der Waals surface area contributed by atoms with Crippen LogP contribution < -0.4 is 5.48 Å². The summed E-state index contributed by atoms with van der Waals surface area (Å²) in [5.74, 6) is -1.46. The largest absolute Gasteiger partial charge is 0.462 e. The van der Waals surface area contributed by atoms with Crippen molar-refractivity contribution < 1.29 is 19.2 Å². The molecule has 0 unspecified atom stereocenters. The fraction of sp³-hybridized carbons (Fsp3) is 0.333. The number of esters is 1. The van der Waals surface area contributed by atoms with Crippen molar-refractivity contribution in [1.82, 2.24) is 5.48 Å². The predicted molar refractivity (Wildman–Crippen MR) is 32.9 cm³/mol. The molecule has 1 radical (unpaired) electrons. The molecule has 0 spiro atoms. The van der Waals surface area contributed by atoms with Crippen LogP contribution in [0.25, 0.3) is 0 Å². The Bertz CT molecular complexity index is 221. The quantitative estimate of drug-likeness (QED) is 0.399. The normalized spacial score (nSPS) is 15.0. The zero-order valence-electron chi connectivity index (χ0n) is 5.86. The predicted octanol–water partition coefficient (Wildman–Crippen LogP) is -0.490. The summed E-state index contributed by atoms with van der Waals surface area (Å²) in [6.45, 7) is 1.87. The first-order valence-electron chi connectivity index (χ1n) is 3.04. The highest BCUT2D eigenvalue weighted by molar-refractivity contribution is 6.14. The standard InChI is InChI=1S/C6H6NO4/c1-2-10-5(8)4-3-7-11-6(4)9/h3H,2H2,1H3. The summed E-state index contributed by atoms with van der Waals surface area (Å²) in [6, 6.07) is 0. The van der Waals surface area contributed by atoms with E-state index in [1.165, 1.54) is 0 Å². The van der Waals surface area contributed by atoms with E-state index < -0.39 is 11.9 Å². The van der Waals surface area contributed by atoms with Gasteiger partial charge in [-0.05, 0) is 6.92 Å². The third kappa shape index (κ3) is 1.49. The molecule has 1 aliphatic heterocycles. The van der Waals surface area contributed by atoms with Gasteiger partial charge in [-0.2, -0.15) is 0 Å². The van der Waals surface area contributed by atoms with E-state index in [1.807, 2.05) is 0 Å². The number of nitrogens with zero attached hydrogens (tertiary/aromatic N) is 1. The van der Waals surface area contributed by atoms with Crippen molar-refractivity contribution >= 4 is 11.9 Å². The molecule has 0 fully saturated rings. The highest BCUT2D eigenvalue weighted by Crippen LogP contribution is 2.05. The minimum atomic E-state index is -0.761. The minimum absolute atomic E-state index is 0.160. The van der Waals surface area contributed by atoms with Crippen molar-refractivity contribution in [2.24, 2.45) is 0 Å². The van der Waals surface area contributed by atoms with Crippen molar-refractivity contribution in [2.45, 2.75) is 6.92 Å². The number of carbonyl (C=O) groups is 2. The van der Waals surface area contributed by atoms with E-state index in [9.17, 15) is 9.59 Å². The Balaban J connectivity index is 2.60. The van der Waals surface area contributed by atoms with E-state index in [0.717, 1.165) is 6.20 Å². The molecule has 0 bridgehead atoms. The fourth-order valence-corrected chi connectivity index (χ4v) is 0.574. The van der Waals surface area contributed by atoms with Crippen molar-refractivity contribution in [3.05, 3.63) is 11.8 Å². The molecule has 5 nitrogen and oxygen atoms in total. The molecule has 59 valence electrons. The Morgan fingerprint density at radius 3 is 3.00 bits per heavy atom. The summed E-state index contributed by atoms with van der Waals surface area (Å²) >= 11 is 0. The second-order valence-electron chi connectivity index (χ2n) is 1.75. The average Bonchev–Trinajstić information content (AvgIpc) is 2.36. The molecule has 0 atom stereocenters. The van der Waals surface area contributed by atoms with Crippen LogP contribution in [0.2, 0.25) is 0 Å². The van der Waals surface area contributed by atoms with Crippen LogP contribution in [-0.2, 0) is 19.2 Å². The molecule has 0 aromatic carbocycles. The van der Waals surface area contributed by atoms with Gasteiger partial charge in [-0.1, -0.05) is 5.48 Å². The van der Waals surface area contributed by atoms with Gasteiger partial charge in [-0.3, -0.25) is 0 Å². The van der Waals surface area contributed by atoms with E-state index in [-0.39, 0.29) is 12.2 Å². The molecule has 0 aromatic rings. The molecular weight excluding hydrogens is 150 g/mol. The number of hydrogen-bond donors (Lipinski definition) is 0. The van der Waals surface area contributed by atoms with Crippen LogP contribution in [-0.4, -0.2) is 18.5 Å². The van der Waals surface area contributed by atoms with Gasteiger partial charge in [0.05, 0.1) is 12.8 Å². The van der Waals surface area contributed by atoms with Gasteiger partial charge >= 0.3 is 11.9 Å². The molecule has 1 heterocycles. The molecule has 0 amide bonds. The molecule has 0 aliphatic carbocycles. The summed E-state index contributed by atoms with van der Waals surface area (Å²) in [5.41, 5.74) is 2.98. The topological polar surface area (TPSA) is 66.7 Å². The first kappa shape index (κ1) is 7.59. The Morgan fingerprint density at radius 2 is 2.55 bits per heavy atom. The molecule has 0 N–H and O–H groups in total. The number of hydrogen-bond acceptors (Lipinski definition) is 4. The SMILES string of the molecule is CCOC(=O)C1=C[N]OC1=O. The maximum Gasteiger partial charge on any atom is 0.374 e. The second-order valence-corrected chi connectivity index (χ2v) is 1.75. The first-order valence-corrected chi connectivity index (χ1v) is 3.04. The molecule has 1 rings (SSSR count). The summed E-state index contributed by atoms with van der Waals surface area (Å²) in [6.07, 6.45) is 1.04. The van der Waals surface area contributed by atoms with Crippen molar-refractivity contribution in [3.63, 3.8) is 0 Å². The minimum Gasteiger partial charge on any atom is -0.462 e. The maximum atomic E-state index is 10.8. The number of rotatable bonds is 2. The zero-order valence-corrected chi connectivity index (χ0v) is 5.86. The van der Waals surface area contributed by atoms with Crippen LogP contribution in [0.1, 0.15) is 6.92 Å². The summed E-state index contributed by atoms with van der Waals surface area (Å²) in [5, 5.41) is 0. The Hall–Kier alpha value is -1.52.